The number of benzene rings is 4. The summed E-state index contributed by atoms with van der Waals surface area (Å²) in [6.07, 6.45) is 0.344. The van der Waals surface area contributed by atoms with Crippen molar-refractivity contribution in [3.05, 3.63) is 72.8 Å². The van der Waals surface area contributed by atoms with Crippen LogP contribution in [-0.2, 0) is 78.2 Å². The lowest BCUT2D eigenvalue weighted by atomic mass is 10.1. The molecule has 4 aromatic carbocycles. The number of esters is 4. The Morgan fingerprint density at radius 3 is 0.848 bits per heavy atom. The number of hydrogen-bond donors (Lipinski definition) is 6. The van der Waals surface area contributed by atoms with E-state index in [-0.39, 0.29) is 159 Å². The highest BCUT2D eigenvalue weighted by Crippen LogP contribution is 2.40. The van der Waals surface area contributed by atoms with Crippen LogP contribution in [0.15, 0.2) is 92.4 Å². The van der Waals surface area contributed by atoms with Crippen molar-refractivity contribution >= 4 is 108 Å². The quantitative estimate of drug-likeness (QED) is 0.0284. The van der Waals surface area contributed by atoms with E-state index in [4.69, 9.17) is 48.9 Å². The van der Waals surface area contributed by atoms with Gasteiger partial charge in [0.25, 0.3) is 0 Å². The summed E-state index contributed by atoms with van der Waals surface area (Å²) in [5, 5.41) is 0.668. The molecule has 0 saturated carbocycles. The largest absolute Gasteiger partial charge is 0.468 e. The highest BCUT2D eigenvalue weighted by atomic mass is 32.2. The molecule has 32 heteroatoms. The monoisotopic (exact) mass is 1340 g/mol. The summed E-state index contributed by atoms with van der Waals surface area (Å²) in [4.78, 5) is 86.4. The molecule has 0 fully saturated rings. The first-order chi connectivity index (χ1) is 43.3. The van der Waals surface area contributed by atoms with Gasteiger partial charge in [0.05, 0.1) is 48.0 Å². The second kappa shape index (κ2) is 26.8. The van der Waals surface area contributed by atoms with E-state index in [0.29, 0.717) is 0 Å². The van der Waals surface area contributed by atoms with Crippen LogP contribution in [0.4, 0.5) is 0 Å². The lowest BCUT2D eigenvalue weighted by Crippen LogP contribution is -2.42. The number of methoxy groups -OCH3 is 4. The third-order valence-corrected chi connectivity index (χ3v) is 20.8. The number of carbonyl (C=O) groups is 4. The van der Waals surface area contributed by atoms with Gasteiger partial charge in [0.15, 0.2) is 23.3 Å². The molecule has 5 heterocycles. The zero-order valence-electron chi connectivity index (χ0n) is 52.2. The fourth-order valence-corrected chi connectivity index (χ4v) is 15.5. The molecule has 0 radical (unpaired) electrons. The van der Waals surface area contributed by atoms with Gasteiger partial charge < -0.3 is 28.9 Å². The van der Waals surface area contributed by atoms with Crippen LogP contribution in [0.5, 0.6) is 0 Å². The molecule has 9 rings (SSSR count). The van der Waals surface area contributed by atoms with Gasteiger partial charge in [-0.15, -0.1) is 0 Å². The van der Waals surface area contributed by atoms with Crippen LogP contribution in [0.1, 0.15) is 81.1 Å². The number of hydrogen-bond acceptors (Lipinski definition) is 22. The van der Waals surface area contributed by atoms with Crippen LogP contribution in [0.2, 0.25) is 0 Å². The number of aromatic nitrogens is 8. The number of carbonyl (C=O) groups excluding carboxylic acids is 4. The van der Waals surface area contributed by atoms with Crippen molar-refractivity contribution in [2.45, 2.75) is 125 Å². The Labute approximate surface area is 531 Å². The molecule has 6 N–H and O–H groups in total. The van der Waals surface area contributed by atoms with Gasteiger partial charge in [-0.2, -0.15) is 18.9 Å². The predicted octanol–water partition coefficient (Wildman–Crippen LogP) is 6.33. The molecule has 4 atom stereocenters. The fraction of sp³-hybridized carbons (Fsp3) is 0.400. The lowest BCUT2D eigenvalue weighted by Gasteiger charge is -2.18. The average Bonchev–Trinajstić information content (AvgIpc) is 1.59. The fourth-order valence-electron chi connectivity index (χ4n) is 10.6. The van der Waals surface area contributed by atoms with Gasteiger partial charge in [-0.05, 0) is 122 Å². The second-order valence-corrected chi connectivity index (χ2v) is 30.6. The second-order valence-electron chi connectivity index (χ2n) is 23.7. The number of nitrogens with one attached hydrogen (secondary N) is 6. The minimum absolute atomic E-state index is 0.0190. The van der Waals surface area contributed by atoms with E-state index >= 15 is 0 Å². The van der Waals surface area contributed by atoms with Crippen molar-refractivity contribution in [3.8, 4) is 45.6 Å². The molecular formula is C60H70N12O16S4. The normalized spacial score (nSPS) is 14.1. The van der Waals surface area contributed by atoms with Crippen molar-refractivity contribution in [3.63, 3.8) is 0 Å². The maximum Gasteiger partial charge on any atom is 0.323 e. The molecule has 0 aliphatic carbocycles. The van der Waals surface area contributed by atoms with E-state index in [2.05, 4.69) is 28.9 Å². The van der Waals surface area contributed by atoms with E-state index < -0.39 is 88.1 Å². The third-order valence-electron chi connectivity index (χ3n) is 14.9. The zero-order valence-corrected chi connectivity index (χ0v) is 55.5. The number of nitrogens with zero attached hydrogens (tertiary/aromatic N) is 6. The maximum atomic E-state index is 14.4. The van der Waals surface area contributed by atoms with Crippen molar-refractivity contribution < 1.29 is 71.8 Å². The minimum atomic E-state index is -4.54. The first-order valence-electron chi connectivity index (χ1n) is 29.1. The van der Waals surface area contributed by atoms with Crippen LogP contribution in [-0.4, -0.2) is 150 Å². The van der Waals surface area contributed by atoms with E-state index in [1.807, 2.05) is 0 Å². The van der Waals surface area contributed by atoms with Gasteiger partial charge in [0.2, 0.25) is 40.1 Å². The number of ether oxygens (including phenoxy) is 4. The van der Waals surface area contributed by atoms with Crippen LogP contribution in [0, 0.1) is 23.7 Å². The topological polar surface area (TPSA) is 399 Å². The van der Waals surface area contributed by atoms with Gasteiger partial charge in [-0.25, -0.2) is 63.6 Å². The molecule has 3 aromatic heterocycles. The SMILES string of the molecule is COC(=O)C(CC(C)C)NS(=O)(=O)c1ccc2c(c1)-c1nc-2nc2[nH]c(nc3nc(nc4[nH]c(n1)c1ccc(S(=O)(=O)NC(CC(C)C)C(=O)OC)cc41)-c1ccc(S(=O)(=O)NC(CC(C)C)C(=O)OC)cc1-3)c1ccc(S(=O)(=O)NC(CC(C)C)C(=O)OC)cc21. The van der Waals surface area contributed by atoms with Gasteiger partial charge in [-0.3, -0.25) is 19.2 Å². The number of sulfonamides is 4. The molecule has 8 bridgehead atoms. The molecule has 7 aromatic rings. The lowest BCUT2D eigenvalue weighted by molar-refractivity contribution is -0.143. The Morgan fingerprint density at radius 1 is 0.348 bits per heavy atom. The van der Waals surface area contributed by atoms with E-state index in [0.717, 1.165) is 28.4 Å². The Bertz CT molecular complexity index is 4470. The molecule has 2 aliphatic rings. The Morgan fingerprint density at radius 2 is 0.587 bits per heavy atom. The van der Waals surface area contributed by atoms with Crippen LogP contribution in [0.25, 0.3) is 89.7 Å². The van der Waals surface area contributed by atoms with Crippen LogP contribution in [0.3, 0.4) is 0 Å². The molecule has 0 spiro atoms. The van der Waals surface area contributed by atoms with E-state index in [1.165, 1.54) is 72.8 Å². The maximum absolute atomic E-state index is 14.4. The van der Waals surface area contributed by atoms with Crippen LogP contribution >= 0.6 is 0 Å². The smallest absolute Gasteiger partial charge is 0.323 e. The molecule has 0 amide bonds. The minimum Gasteiger partial charge on any atom is -0.468 e. The molecule has 4 unspecified atom stereocenters. The molecular weight excluding hydrogens is 1270 g/mol. The van der Waals surface area contributed by atoms with E-state index in [9.17, 15) is 52.8 Å². The Hall–Kier alpha value is -8.24. The summed E-state index contributed by atoms with van der Waals surface area (Å²) in [6, 6.07) is 10.7. The van der Waals surface area contributed by atoms with Crippen molar-refractivity contribution in [2.75, 3.05) is 28.4 Å². The summed E-state index contributed by atoms with van der Waals surface area (Å²) in [7, 11) is -13.6. The Balaban J connectivity index is 1.37. The molecule has 28 nitrogen and oxygen atoms in total. The highest BCUT2D eigenvalue weighted by Gasteiger charge is 2.34. The summed E-state index contributed by atoms with van der Waals surface area (Å²) in [6.45, 7) is 14.4. The van der Waals surface area contributed by atoms with Gasteiger partial charge in [0, 0.05) is 43.8 Å². The highest BCUT2D eigenvalue weighted by molar-refractivity contribution is 7.90. The third kappa shape index (κ3) is 14.5. The van der Waals surface area contributed by atoms with Gasteiger partial charge in [-0.1, -0.05) is 55.4 Å². The number of fused-ring (bicyclic) bond motifs is 20. The summed E-state index contributed by atoms with van der Waals surface area (Å²) in [5.41, 5.74) is 0.377. The van der Waals surface area contributed by atoms with Gasteiger partial charge in [0.1, 0.15) is 46.8 Å². The predicted molar refractivity (Wildman–Crippen MR) is 338 cm³/mol. The summed E-state index contributed by atoms with van der Waals surface area (Å²) >= 11 is 0. The summed E-state index contributed by atoms with van der Waals surface area (Å²) < 4.78 is 144. The standard InChI is InChI=1S/C60H70N12O16S4/c1-29(2)21-45(57(73)85-9)69-89(77,78)33-13-17-37-41(25-33)53-61-49(37)66-54-43-27-35(91(81,82)71-47(23-31(5)6)59(75)87-11)15-19-39(43)51(63-54)68-56-44-28-36(92(83,84)72-48(24-32(7)8)60(76)88-12)16-20-40(44)52(64-56)67-55-42-26-34(14-18-38(42)50(62-55)65-53)90(79,80)70-46(22-30(3)4)58(74)86-10/h13-20,25-32,45-48,69-72H,21-24H2,1-12H3,(H2,61,62,63,64,65,66,67,68). The average molecular weight is 1340 g/mol. The molecule has 92 heavy (non-hydrogen) atoms. The number of H-pyrrole nitrogens is 2. The van der Waals surface area contributed by atoms with Crippen molar-refractivity contribution in [2.24, 2.45) is 23.7 Å². The van der Waals surface area contributed by atoms with E-state index in [1.54, 1.807) is 55.4 Å². The molecule has 490 valence electrons. The van der Waals surface area contributed by atoms with Crippen molar-refractivity contribution in [1.29, 1.82) is 0 Å². The number of aromatic amines is 2. The molecule has 2 aliphatic heterocycles. The number of rotatable bonds is 24. The first-order valence-corrected chi connectivity index (χ1v) is 35.0. The van der Waals surface area contributed by atoms with Gasteiger partial charge >= 0.3 is 23.9 Å². The van der Waals surface area contributed by atoms with Crippen molar-refractivity contribution in [1.82, 2.24) is 58.8 Å². The molecule has 0 saturated heterocycles. The summed E-state index contributed by atoms with van der Waals surface area (Å²) in [5.74, 6) is -4.39. The Kier molecular flexibility index (Phi) is 19.8. The van der Waals surface area contributed by atoms with Crippen LogP contribution < -0.4 is 18.9 Å². The zero-order chi connectivity index (χ0) is 67.1. The first kappa shape index (κ1) is 68.1.